The van der Waals surface area contributed by atoms with Crippen molar-refractivity contribution in [2.75, 3.05) is 0 Å². The minimum atomic E-state index is 0.601. The number of rotatable bonds is 5. The molecule has 0 radical (unpaired) electrons. The number of benzene rings is 8. The van der Waals surface area contributed by atoms with E-state index in [1.165, 1.54) is 32.7 Å². The Balaban J connectivity index is 1.19. The van der Waals surface area contributed by atoms with Crippen LogP contribution in [0.4, 0.5) is 0 Å². The van der Waals surface area contributed by atoms with E-state index in [0.717, 1.165) is 49.8 Å². The molecule has 0 fully saturated rings. The average molecular weight is 652 g/mol. The van der Waals surface area contributed by atoms with Crippen molar-refractivity contribution in [3.63, 3.8) is 0 Å². The lowest BCUT2D eigenvalue weighted by Gasteiger charge is -2.15. The number of hydrogen-bond donors (Lipinski definition) is 0. The van der Waals surface area contributed by atoms with Gasteiger partial charge < -0.3 is 4.42 Å². The molecular formula is C47H29N3O. The summed E-state index contributed by atoms with van der Waals surface area (Å²) < 4.78 is 6.48. The SMILES string of the molecule is c1ccc(-c2nc(-c3ccccc3)nc(-c3cccc4oc5ccc(-c6ccccc6-c6cc7ccccc7c7ccccc67)cc5c34)n2)cc1. The van der Waals surface area contributed by atoms with Crippen molar-refractivity contribution in [1.82, 2.24) is 15.0 Å². The largest absolute Gasteiger partial charge is 0.456 e. The van der Waals surface area contributed by atoms with E-state index < -0.39 is 0 Å². The van der Waals surface area contributed by atoms with E-state index in [0.29, 0.717) is 17.5 Å². The number of nitrogens with zero attached hydrogens (tertiary/aromatic N) is 3. The summed E-state index contributed by atoms with van der Waals surface area (Å²) in [5.74, 6) is 1.85. The molecule has 0 N–H and O–H groups in total. The van der Waals surface area contributed by atoms with Crippen molar-refractivity contribution in [2.45, 2.75) is 0 Å². The summed E-state index contributed by atoms with van der Waals surface area (Å²) in [6.07, 6.45) is 0. The predicted octanol–water partition coefficient (Wildman–Crippen LogP) is 12.4. The number of aromatic nitrogens is 3. The fraction of sp³-hybridized carbons (Fsp3) is 0. The second-order valence-electron chi connectivity index (χ2n) is 12.8. The second kappa shape index (κ2) is 11.9. The molecule has 0 aliphatic heterocycles. The van der Waals surface area contributed by atoms with Crippen molar-refractivity contribution in [3.05, 3.63) is 176 Å². The van der Waals surface area contributed by atoms with Crippen LogP contribution >= 0.6 is 0 Å². The minimum Gasteiger partial charge on any atom is -0.456 e. The minimum absolute atomic E-state index is 0.601. The van der Waals surface area contributed by atoms with Crippen LogP contribution in [0.2, 0.25) is 0 Å². The molecule has 2 aromatic heterocycles. The molecular weight excluding hydrogens is 623 g/mol. The highest BCUT2D eigenvalue weighted by Crippen LogP contribution is 2.42. The Kier molecular flexibility index (Phi) is 6.78. The Morgan fingerprint density at radius 2 is 0.902 bits per heavy atom. The van der Waals surface area contributed by atoms with Gasteiger partial charge in [-0.25, -0.2) is 15.0 Å². The monoisotopic (exact) mass is 651 g/mol. The number of hydrogen-bond acceptors (Lipinski definition) is 4. The molecule has 0 aliphatic carbocycles. The zero-order valence-corrected chi connectivity index (χ0v) is 27.5. The highest BCUT2D eigenvalue weighted by atomic mass is 16.3. The molecule has 0 saturated carbocycles. The molecule has 10 rings (SSSR count). The highest BCUT2D eigenvalue weighted by molar-refractivity contribution is 6.16. The third-order valence-electron chi connectivity index (χ3n) is 9.73. The Morgan fingerprint density at radius 1 is 0.314 bits per heavy atom. The normalized spacial score (nSPS) is 11.5. The van der Waals surface area contributed by atoms with Crippen molar-refractivity contribution in [3.8, 4) is 56.4 Å². The third-order valence-corrected chi connectivity index (χ3v) is 9.73. The van der Waals surface area contributed by atoms with E-state index in [2.05, 4.69) is 103 Å². The molecule has 0 bridgehead atoms. The highest BCUT2D eigenvalue weighted by Gasteiger charge is 2.19. The molecule has 238 valence electrons. The van der Waals surface area contributed by atoms with Gasteiger partial charge >= 0.3 is 0 Å². The molecule has 10 aromatic rings. The summed E-state index contributed by atoms with van der Waals surface area (Å²) in [5.41, 5.74) is 9.03. The first kappa shape index (κ1) is 29.0. The fourth-order valence-electron chi connectivity index (χ4n) is 7.36. The molecule has 0 aliphatic rings. The fourth-order valence-corrected chi connectivity index (χ4v) is 7.36. The summed E-state index contributed by atoms with van der Waals surface area (Å²) in [6.45, 7) is 0. The van der Waals surface area contributed by atoms with Crippen LogP contribution in [-0.4, -0.2) is 15.0 Å². The van der Waals surface area contributed by atoms with E-state index in [1.807, 2.05) is 72.8 Å². The van der Waals surface area contributed by atoms with Gasteiger partial charge in [-0.05, 0) is 68.1 Å². The first-order chi connectivity index (χ1) is 25.3. The van der Waals surface area contributed by atoms with Crippen LogP contribution in [-0.2, 0) is 0 Å². The van der Waals surface area contributed by atoms with Gasteiger partial charge in [-0.1, -0.05) is 152 Å². The van der Waals surface area contributed by atoms with Crippen LogP contribution in [0.1, 0.15) is 0 Å². The summed E-state index contributed by atoms with van der Waals surface area (Å²) in [4.78, 5) is 15.0. The van der Waals surface area contributed by atoms with Crippen LogP contribution in [0.25, 0.3) is 99.9 Å². The van der Waals surface area contributed by atoms with Gasteiger partial charge in [0.15, 0.2) is 17.5 Å². The molecule has 4 nitrogen and oxygen atoms in total. The lowest BCUT2D eigenvalue weighted by molar-refractivity contribution is 0.669. The van der Waals surface area contributed by atoms with Crippen LogP contribution in [0, 0.1) is 0 Å². The molecule has 4 heteroatoms. The number of fused-ring (bicyclic) bond motifs is 6. The molecule has 2 heterocycles. The smallest absolute Gasteiger partial charge is 0.164 e. The molecule has 0 atom stereocenters. The lowest BCUT2D eigenvalue weighted by atomic mass is 9.88. The van der Waals surface area contributed by atoms with Gasteiger partial charge in [0.05, 0.1) is 0 Å². The zero-order valence-electron chi connectivity index (χ0n) is 27.5. The van der Waals surface area contributed by atoms with Crippen LogP contribution in [0.5, 0.6) is 0 Å². The topological polar surface area (TPSA) is 51.8 Å². The van der Waals surface area contributed by atoms with Crippen molar-refractivity contribution in [1.29, 1.82) is 0 Å². The van der Waals surface area contributed by atoms with Crippen molar-refractivity contribution >= 4 is 43.5 Å². The van der Waals surface area contributed by atoms with E-state index in [1.54, 1.807) is 0 Å². The van der Waals surface area contributed by atoms with Crippen molar-refractivity contribution < 1.29 is 4.42 Å². The third kappa shape index (κ3) is 4.96. The maximum absolute atomic E-state index is 6.48. The Hall–Kier alpha value is -6.91. The molecule has 0 amide bonds. The maximum Gasteiger partial charge on any atom is 0.164 e. The second-order valence-corrected chi connectivity index (χ2v) is 12.8. The van der Waals surface area contributed by atoms with Crippen LogP contribution < -0.4 is 0 Å². The lowest BCUT2D eigenvalue weighted by Crippen LogP contribution is -2.00. The molecule has 0 saturated heterocycles. The van der Waals surface area contributed by atoms with Gasteiger partial charge in [0.1, 0.15) is 11.2 Å². The number of furan rings is 1. The Labute approximate surface area is 294 Å². The summed E-state index contributed by atoms with van der Waals surface area (Å²) in [6, 6.07) is 61.1. The summed E-state index contributed by atoms with van der Waals surface area (Å²) in [5, 5.41) is 6.97. The van der Waals surface area contributed by atoms with E-state index in [-0.39, 0.29) is 0 Å². The van der Waals surface area contributed by atoms with E-state index >= 15 is 0 Å². The standard InChI is InChI=1S/C47H29N3O/c1-3-14-30(15-4-1)45-48-46(31-16-5-2-6-17-31)50-47(49-45)39-24-13-25-43-44(39)41-29-33(26-27-42(41)51-43)35-20-9-10-22-37(35)40-28-32-18-7-8-19-34(32)36-21-11-12-23-38(36)40/h1-29H. The zero-order chi connectivity index (χ0) is 33.7. The van der Waals surface area contributed by atoms with Gasteiger partial charge in [0.2, 0.25) is 0 Å². The first-order valence-corrected chi connectivity index (χ1v) is 17.1. The van der Waals surface area contributed by atoms with Gasteiger partial charge in [-0.3, -0.25) is 0 Å². The molecule has 0 spiro atoms. The maximum atomic E-state index is 6.48. The van der Waals surface area contributed by atoms with Crippen LogP contribution in [0.15, 0.2) is 180 Å². The van der Waals surface area contributed by atoms with Gasteiger partial charge in [-0.2, -0.15) is 0 Å². The quantitative estimate of drug-likeness (QED) is 0.174. The molecule has 51 heavy (non-hydrogen) atoms. The van der Waals surface area contributed by atoms with Gasteiger partial charge in [0.25, 0.3) is 0 Å². The summed E-state index contributed by atoms with van der Waals surface area (Å²) >= 11 is 0. The predicted molar refractivity (Wildman–Crippen MR) is 209 cm³/mol. The Morgan fingerprint density at radius 3 is 1.65 bits per heavy atom. The Bertz CT molecular complexity index is 2860. The molecule has 8 aromatic carbocycles. The van der Waals surface area contributed by atoms with Gasteiger partial charge in [-0.15, -0.1) is 0 Å². The summed E-state index contributed by atoms with van der Waals surface area (Å²) in [7, 11) is 0. The molecule has 0 unspecified atom stereocenters. The van der Waals surface area contributed by atoms with E-state index in [4.69, 9.17) is 19.4 Å². The van der Waals surface area contributed by atoms with Crippen LogP contribution in [0.3, 0.4) is 0 Å². The average Bonchev–Trinajstić information content (AvgIpc) is 3.59. The first-order valence-electron chi connectivity index (χ1n) is 17.1. The van der Waals surface area contributed by atoms with Crippen molar-refractivity contribution in [2.24, 2.45) is 0 Å². The van der Waals surface area contributed by atoms with E-state index in [9.17, 15) is 0 Å². The van der Waals surface area contributed by atoms with Gasteiger partial charge in [0, 0.05) is 27.5 Å².